The number of carbonyl (C=O) groups is 2. The molecule has 1 atom stereocenters. The molecule has 0 fully saturated rings. The molecule has 2 aromatic rings. The summed E-state index contributed by atoms with van der Waals surface area (Å²) in [6, 6.07) is 10.9. The van der Waals surface area contributed by atoms with E-state index in [1.165, 1.54) is 14.2 Å². The molecule has 2 aromatic carbocycles. The fraction of sp³-hybridized carbons (Fsp3) is 0.304. The zero-order valence-corrected chi connectivity index (χ0v) is 18.4. The van der Waals surface area contributed by atoms with E-state index in [1.807, 2.05) is 24.3 Å². The van der Waals surface area contributed by atoms with E-state index in [9.17, 15) is 14.7 Å². The van der Waals surface area contributed by atoms with Crippen LogP contribution in [0.25, 0.3) is 0 Å². The number of allylic oxidation sites excluding steroid dienone is 2. The third-order valence-electron chi connectivity index (χ3n) is 5.66. The first kappa shape index (κ1) is 20.5. The second kappa shape index (κ2) is 8.14. The summed E-state index contributed by atoms with van der Waals surface area (Å²) in [4.78, 5) is 28.0. The number of Topliss-reactive ketones (excluding diaryl/α,β-unsaturated/α-hetero) is 1. The van der Waals surface area contributed by atoms with Crippen molar-refractivity contribution in [3.63, 3.8) is 0 Å². The standard InChI is InChI=1S/C23H22BrNO5/c1-29-19-10-13(11-20(30-2)23(19)28)16-12-21(27)25(15-8-6-14(24)7-9-15)17-4-3-5-18(26)22(16)17/h6-11,16,28H,3-5,12H2,1-2H3. The van der Waals surface area contributed by atoms with Crippen LogP contribution in [0, 0.1) is 0 Å². The molecule has 0 spiro atoms. The predicted molar refractivity (Wildman–Crippen MR) is 116 cm³/mol. The number of carbonyl (C=O) groups excluding carboxylic acids is 2. The molecule has 1 amide bonds. The summed E-state index contributed by atoms with van der Waals surface area (Å²) in [5, 5.41) is 10.3. The average molecular weight is 472 g/mol. The van der Waals surface area contributed by atoms with Crippen molar-refractivity contribution in [3.8, 4) is 17.2 Å². The molecular formula is C23H22BrNO5. The van der Waals surface area contributed by atoms with Gasteiger partial charge in [0.2, 0.25) is 11.7 Å². The second-order valence-corrected chi connectivity index (χ2v) is 8.29. The van der Waals surface area contributed by atoms with Crippen LogP contribution >= 0.6 is 15.9 Å². The van der Waals surface area contributed by atoms with Gasteiger partial charge in [-0.1, -0.05) is 15.9 Å². The van der Waals surface area contributed by atoms with Gasteiger partial charge in [-0.3, -0.25) is 14.5 Å². The predicted octanol–water partition coefficient (Wildman–Crippen LogP) is 4.70. The maximum Gasteiger partial charge on any atom is 0.232 e. The van der Waals surface area contributed by atoms with Gasteiger partial charge in [0, 0.05) is 40.2 Å². The molecule has 7 heteroatoms. The fourth-order valence-electron chi connectivity index (χ4n) is 4.28. The molecule has 0 bridgehead atoms. The number of benzene rings is 2. The highest BCUT2D eigenvalue weighted by atomic mass is 79.9. The Bertz CT molecular complexity index is 1020. The molecule has 0 saturated carbocycles. The van der Waals surface area contributed by atoms with Crippen LogP contribution in [0.2, 0.25) is 0 Å². The molecule has 156 valence electrons. The number of nitrogens with zero attached hydrogens (tertiary/aromatic N) is 1. The normalized spacial score (nSPS) is 19.0. The lowest BCUT2D eigenvalue weighted by Crippen LogP contribution is -2.40. The van der Waals surface area contributed by atoms with Gasteiger partial charge in [0.05, 0.1) is 14.2 Å². The number of anilines is 1. The second-order valence-electron chi connectivity index (χ2n) is 7.37. The topological polar surface area (TPSA) is 76.1 Å². The zero-order valence-electron chi connectivity index (χ0n) is 16.8. The first-order valence-corrected chi connectivity index (χ1v) is 10.5. The Hall–Kier alpha value is -2.80. The minimum Gasteiger partial charge on any atom is -0.502 e. The maximum absolute atomic E-state index is 13.3. The third kappa shape index (κ3) is 3.47. The van der Waals surface area contributed by atoms with Gasteiger partial charge in [0.1, 0.15) is 0 Å². The van der Waals surface area contributed by atoms with Crippen molar-refractivity contribution >= 4 is 33.3 Å². The number of phenols is 1. The van der Waals surface area contributed by atoms with Crippen LogP contribution in [0.5, 0.6) is 17.2 Å². The van der Waals surface area contributed by atoms with E-state index in [2.05, 4.69) is 15.9 Å². The van der Waals surface area contributed by atoms with Crippen LogP contribution in [0.15, 0.2) is 52.1 Å². The van der Waals surface area contributed by atoms with E-state index < -0.39 is 5.92 Å². The molecule has 1 heterocycles. The van der Waals surface area contributed by atoms with E-state index in [0.29, 0.717) is 30.4 Å². The van der Waals surface area contributed by atoms with Crippen molar-refractivity contribution in [1.82, 2.24) is 0 Å². The Morgan fingerprint density at radius 1 is 1.03 bits per heavy atom. The molecule has 4 rings (SSSR count). The number of ether oxygens (including phenoxy) is 2. The smallest absolute Gasteiger partial charge is 0.232 e. The summed E-state index contributed by atoms with van der Waals surface area (Å²) in [5.41, 5.74) is 2.90. The number of hydrogen-bond donors (Lipinski definition) is 1. The summed E-state index contributed by atoms with van der Waals surface area (Å²) in [7, 11) is 2.91. The summed E-state index contributed by atoms with van der Waals surface area (Å²) in [6.45, 7) is 0. The van der Waals surface area contributed by atoms with E-state index in [0.717, 1.165) is 15.9 Å². The number of halogens is 1. The first-order valence-electron chi connectivity index (χ1n) is 9.74. The highest BCUT2D eigenvalue weighted by Gasteiger charge is 2.40. The summed E-state index contributed by atoms with van der Waals surface area (Å²) in [5.74, 6) is -0.0271. The van der Waals surface area contributed by atoms with Crippen molar-refractivity contribution in [2.45, 2.75) is 31.6 Å². The zero-order chi connectivity index (χ0) is 21.4. The lowest BCUT2D eigenvalue weighted by atomic mass is 9.77. The molecule has 0 saturated heterocycles. The molecular weight excluding hydrogens is 450 g/mol. The van der Waals surface area contributed by atoms with Crippen molar-refractivity contribution in [1.29, 1.82) is 0 Å². The van der Waals surface area contributed by atoms with E-state index in [1.54, 1.807) is 17.0 Å². The van der Waals surface area contributed by atoms with Gasteiger partial charge < -0.3 is 14.6 Å². The highest BCUT2D eigenvalue weighted by molar-refractivity contribution is 9.10. The molecule has 1 aliphatic carbocycles. The lowest BCUT2D eigenvalue weighted by molar-refractivity contribution is -0.119. The fourth-order valence-corrected chi connectivity index (χ4v) is 4.55. The molecule has 2 aliphatic rings. The molecule has 1 N–H and O–H groups in total. The average Bonchev–Trinajstić information content (AvgIpc) is 2.74. The van der Waals surface area contributed by atoms with E-state index in [-0.39, 0.29) is 35.4 Å². The van der Waals surface area contributed by atoms with Crippen LogP contribution in [-0.2, 0) is 9.59 Å². The van der Waals surface area contributed by atoms with Crippen molar-refractivity contribution in [2.24, 2.45) is 0 Å². The number of phenolic OH excluding ortho intramolecular Hbond substituents is 1. The number of ketones is 1. The quantitative estimate of drug-likeness (QED) is 0.699. The molecule has 6 nitrogen and oxygen atoms in total. The van der Waals surface area contributed by atoms with Crippen molar-refractivity contribution < 1.29 is 24.2 Å². The molecule has 1 aliphatic heterocycles. The Balaban J connectivity index is 1.87. The molecule has 30 heavy (non-hydrogen) atoms. The molecule has 0 aromatic heterocycles. The monoisotopic (exact) mass is 471 g/mol. The number of hydrogen-bond acceptors (Lipinski definition) is 5. The van der Waals surface area contributed by atoms with Gasteiger partial charge in [-0.2, -0.15) is 0 Å². The summed E-state index contributed by atoms with van der Waals surface area (Å²) < 4.78 is 11.5. The van der Waals surface area contributed by atoms with Crippen LogP contribution in [-0.4, -0.2) is 31.0 Å². The number of amides is 1. The minimum atomic E-state index is -0.407. The minimum absolute atomic E-state index is 0.0573. The van der Waals surface area contributed by atoms with E-state index in [4.69, 9.17) is 9.47 Å². The van der Waals surface area contributed by atoms with Crippen molar-refractivity contribution in [2.75, 3.05) is 19.1 Å². The number of methoxy groups -OCH3 is 2. The Morgan fingerprint density at radius 2 is 1.67 bits per heavy atom. The van der Waals surface area contributed by atoms with Crippen LogP contribution in [0.3, 0.4) is 0 Å². The summed E-state index contributed by atoms with van der Waals surface area (Å²) in [6.07, 6.45) is 1.99. The van der Waals surface area contributed by atoms with Gasteiger partial charge in [-0.05, 0) is 54.8 Å². The van der Waals surface area contributed by atoms with Gasteiger partial charge >= 0.3 is 0 Å². The van der Waals surface area contributed by atoms with E-state index >= 15 is 0 Å². The Kier molecular flexibility index (Phi) is 5.56. The van der Waals surface area contributed by atoms with Gasteiger partial charge in [0.25, 0.3) is 0 Å². The molecule has 1 unspecified atom stereocenters. The van der Waals surface area contributed by atoms with Gasteiger partial charge in [-0.15, -0.1) is 0 Å². The van der Waals surface area contributed by atoms with Crippen LogP contribution in [0.1, 0.15) is 37.2 Å². The third-order valence-corrected chi connectivity index (χ3v) is 6.19. The SMILES string of the molecule is COc1cc(C2CC(=O)N(c3ccc(Br)cc3)C3=C2C(=O)CCC3)cc(OC)c1O. The van der Waals surface area contributed by atoms with Gasteiger partial charge in [-0.25, -0.2) is 0 Å². The highest BCUT2D eigenvalue weighted by Crippen LogP contribution is 2.47. The lowest BCUT2D eigenvalue weighted by Gasteiger charge is -2.38. The Labute approximate surface area is 183 Å². The largest absolute Gasteiger partial charge is 0.502 e. The Morgan fingerprint density at radius 3 is 2.27 bits per heavy atom. The number of aromatic hydroxyl groups is 1. The van der Waals surface area contributed by atoms with Gasteiger partial charge in [0.15, 0.2) is 17.3 Å². The van der Waals surface area contributed by atoms with Crippen molar-refractivity contribution in [3.05, 3.63) is 57.7 Å². The number of rotatable bonds is 4. The van der Waals surface area contributed by atoms with Crippen LogP contribution < -0.4 is 14.4 Å². The molecule has 0 radical (unpaired) electrons. The first-order chi connectivity index (χ1) is 14.4. The maximum atomic E-state index is 13.3. The summed E-state index contributed by atoms with van der Waals surface area (Å²) >= 11 is 3.42. The van der Waals surface area contributed by atoms with Crippen LogP contribution in [0.4, 0.5) is 5.69 Å².